The third kappa shape index (κ3) is 3.65. The van der Waals surface area contributed by atoms with E-state index < -0.39 is 12.1 Å². The minimum Gasteiger partial charge on any atom is -0.504 e. The van der Waals surface area contributed by atoms with Crippen LogP contribution >= 0.6 is 11.6 Å². The Labute approximate surface area is 149 Å². The largest absolute Gasteiger partial charge is 0.573 e. The fraction of sp³-hybridized carbons (Fsp3) is 0.267. The molecule has 0 radical (unpaired) electrons. The molecule has 0 atom stereocenters. The molecule has 0 aliphatic heterocycles. The normalized spacial score (nSPS) is 11.9. The van der Waals surface area contributed by atoms with Crippen molar-refractivity contribution in [3.63, 3.8) is 0 Å². The minimum atomic E-state index is -4.83. The van der Waals surface area contributed by atoms with Gasteiger partial charge in [-0.15, -0.1) is 23.4 Å². The molecule has 0 unspecified atom stereocenters. The summed E-state index contributed by atoms with van der Waals surface area (Å²) >= 11 is 6.08. The number of ether oxygens (including phenoxy) is 1. The summed E-state index contributed by atoms with van der Waals surface area (Å²) in [7, 11) is 0. The van der Waals surface area contributed by atoms with Crippen molar-refractivity contribution in [3.05, 3.63) is 35.0 Å². The predicted molar refractivity (Wildman–Crippen MR) is 85.0 cm³/mol. The molecular weight excluding hydrogens is 377 g/mol. The molecule has 3 rings (SSSR count). The molecule has 0 bridgehead atoms. The van der Waals surface area contributed by atoms with Crippen LogP contribution in [0.5, 0.6) is 11.5 Å². The minimum absolute atomic E-state index is 0.000479. The van der Waals surface area contributed by atoms with Gasteiger partial charge in [0.2, 0.25) is 5.65 Å². The first-order valence-electron chi connectivity index (χ1n) is 7.40. The van der Waals surface area contributed by atoms with Crippen molar-refractivity contribution in [1.82, 2.24) is 19.8 Å². The molecule has 2 aromatic heterocycles. The van der Waals surface area contributed by atoms with E-state index >= 15 is 0 Å². The monoisotopic (exact) mass is 388 g/mol. The summed E-state index contributed by atoms with van der Waals surface area (Å²) in [6.45, 7) is -0.0924. The highest BCUT2D eigenvalue weighted by molar-refractivity contribution is 6.30. The third-order valence-corrected chi connectivity index (χ3v) is 3.79. The molecule has 0 aliphatic carbocycles. The highest BCUT2D eigenvalue weighted by Gasteiger charge is 2.31. The van der Waals surface area contributed by atoms with Gasteiger partial charge in [0.25, 0.3) is 0 Å². The zero-order chi connectivity index (χ0) is 18.9. The van der Waals surface area contributed by atoms with Crippen molar-refractivity contribution >= 4 is 17.2 Å². The summed E-state index contributed by atoms with van der Waals surface area (Å²) in [4.78, 5) is 0. The lowest BCUT2D eigenvalue weighted by atomic mass is 10.1. The fourth-order valence-electron chi connectivity index (χ4n) is 2.39. The number of rotatable bonds is 5. The Morgan fingerprint density at radius 3 is 2.69 bits per heavy atom. The number of benzene rings is 1. The maximum atomic E-state index is 12.4. The van der Waals surface area contributed by atoms with Gasteiger partial charge in [0.1, 0.15) is 5.75 Å². The van der Waals surface area contributed by atoms with Crippen LogP contribution in [0.2, 0.25) is 5.15 Å². The van der Waals surface area contributed by atoms with Crippen LogP contribution in [0.3, 0.4) is 0 Å². The Balaban J connectivity index is 2.06. The van der Waals surface area contributed by atoms with Crippen LogP contribution < -0.4 is 4.74 Å². The molecule has 2 N–H and O–H groups in total. The van der Waals surface area contributed by atoms with E-state index in [-0.39, 0.29) is 41.0 Å². The number of alkyl halides is 3. The van der Waals surface area contributed by atoms with Crippen molar-refractivity contribution in [2.75, 3.05) is 6.61 Å². The van der Waals surface area contributed by atoms with Gasteiger partial charge in [0.15, 0.2) is 16.7 Å². The second kappa shape index (κ2) is 6.96. The second-order valence-electron chi connectivity index (χ2n) is 5.28. The van der Waals surface area contributed by atoms with E-state index in [1.54, 1.807) is 0 Å². The third-order valence-electron chi connectivity index (χ3n) is 3.49. The summed E-state index contributed by atoms with van der Waals surface area (Å²) in [5.74, 6) is -0.597. The number of aromatic nitrogens is 4. The SMILES string of the molecule is OCCCc1c(Cl)nn2c(-c3cccc(OC(F)(F)F)c3)nnc2c1O. The van der Waals surface area contributed by atoms with Crippen molar-refractivity contribution in [2.24, 2.45) is 0 Å². The molecule has 2 heterocycles. The number of fused-ring (bicyclic) bond motifs is 1. The van der Waals surface area contributed by atoms with Crippen LogP contribution in [0.4, 0.5) is 13.2 Å². The van der Waals surface area contributed by atoms with Gasteiger partial charge in [-0.05, 0) is 25.0 Å². The van der Waals surface area contributed by atoms with Crippen LogP contribution in [0.25, 0.3) is 17.0 Å². The highest BCUT2D eigenvalue weighted by atomic mass is 35.5. The number of halogens is 4. The molecule has 3 aromatic rings. The average Bonchev–Trinajstić information content (AvgIpc) is 2.97. The Bertz CT molecular complexity index is 946. The van der Waals surface area contributed by atoms with E-state index in [4.69, 9.17) is 16.7 Å². The first-order chi connectivity index (χ1) is 12.3. The zero-order valence-corrected chi connectivity index (χ0v) is 13.8. The molecule has 0 aliphatic rings. The van der Waals surface area contributed by atoms with E-state index in [0.29, 0.717) is 12.0 Å². The van der Waals surface area contributed by atoms with Crippen molar-refractivity contribution in [1.29, 1.82) is 0 Å². The molecule has 0 saturated heterocycles. The number of hydrogen-bond acceptors (Lipinski definition) is 6. The number of aliphatic hydroxyl groups excluding tert-OH is 1. The van der Waals surface area contributed by atoms with Crippen molar-refractivity contribution in [3.8, 4) is 22.9 Å². The predicted octanol–water partition coefficient (Wildman–Crippen LogP) is 2.97. The van der Waals surface area contributed by atoms with E-state index in [1.165, 1.54) is 12.1 Å². The van der Waals surface area contributed by atoms with Crippen LogP contribution in [-0.4, -0.2) is 43.0 Å². The maximum Gasteiger partial charge on any atom is 0.573 e. The van der Waals surface area contributed by atoms with Gasteiger partial charge in [-0.25, -0.2) is 0 Å². The van der Waals surface area contributed by atoms with Crippen LogP contribution in [-0.2, 0) is 6.42 Å². The standard InChI is InChI=1S/C15H12ClF3N4O3/c16-12-10(5-2-6-24)11(25)14-21-20-13(23(14)22-12)8-3-1-4-9(7-8)26-15(17,18)19/h1,3-4,7,24-25H,2,5-6H2. The van der Waals surface area contributed by atoms with Gasteiger partial charge in [-0.2, -0.15) is 9.61 Å². The Morgan fingerprint density at radius 2 is 2.00 bits per heavy atom. The van der Waals surface area contributed by atoms with Gasteiger partial charge >= 0.3 is 6.36 Å². The molecule has 7 nitrogen and oxygen atoms in total. The summed E-state index contributed by atoms with van der Waals surface area (Å²) in [6.07, 6.45) is -4.18. The van der Waals surface area contributed by atoms with Gasteiger partial charge in [0, 0.05) is 17.7 Å². The maximum absolute atomic E-state index is 12.4. The van der Waals surface area contributed by atoms with E-state index in [0.717, 1.165) is 16.6 Å². The number of hydrogen-bond donors (Lipinski definition) is 2. The van der Waals surface area contributed by atoms with Gasteiger partial charge < -0.3 is 14.9 Å². The molecule has 0 spiro atoms. The fourth-order valence-corrected chi connectivity index (χ4v) is 2.65. The summed E-state index contributed by atoms with van der Waals surface area (Å²) in [6, 6.07) is 5.11. The summed E-state index contributed by atoms with van der Waals surface area (Å²) in [5, 5.41) is 31.0. The Morgan fingerprint density at radius 1 is 1.23 bits per heavy atom. The number of nitrogens with zero attached hydrogens (tertiary/aromatic N) is 4. The molecule has 26 heavy (non-hydrogen) atoms. The quantitative estimate of drug-likeness (QED) is 0.698. The van der Waals surface area contributed by atoms with Gasteiger partial charge in [-0.1, -0.05) is 23.7 Å². The first-order valence-corrected chi connectivity index (χ1v) is 7.77. The molecule has 0 saturated carbocycles. The first kappa shape index (κ1) is 18.2. The zero-order valence-electron chi connectivity index (χ0n) is 13.0. The Hall–Kier alpha value is -2.59. The van der Waals surface area contributed by atoms with Crippen LogP contribution in [0.1, 0.15) is 12.0 Å². The van der Waals surface area contributed by atoms with E-state index in [1.807, 2.05) is 0 Å². The summed E-state index contributed by atoms with van der Waals surface area (Å²) in [5.41, 5.74) is 0.547. The molecule has 0 amide bonds. The molecule has 138 valence electrons. The molecular formula is C15H12ClF3N4O3. The van der Waals surface area contributed by atoms with Crippen molar-refractivity contribution in [2.45, 2.75) is 19.2 Å². The van der Waals surface area contributed by atoms with Crippen molar-refractivity contribution < 1.29 is 28.1 Å². The number of aliphatic hydroxyl groups is 1. The summed E-state index contributed by atoms with van der Waals surface area (Å²) < 4.78 is 42.2. The lowest BCUT2D eigenvalue weighted by Crippen LogP contribution is -2.17. The molecule has 11 heteroatoms. The van der Waals surface area contributed by atoms with Gasteiger partial charge in [-0.3, -0.25) is 0 Å². The topological polar surface area (TPSA) is 92.8 Å². The molecule has 1 aromatic carbocycles. The molecule has 0 fully saturated rings. The average molecular weight is 389 g/mol. The number of aromatic hydroxyl groups is 1. The Kier molecular flexibility index (Phi) is 4.88. The smallest absolute Gasteiger partial charge is 0.504 e. The lowest BCUT2D eigenvalue weighted by molar-refractivity contribution is -0.274. The lowest BCUT2D eigenvalue weighted by Gasteiger charge is -2.10. The van der Waals surface area contributed by atoms with Crippen LogP contribution in [0, 0.1) is 0 Å². The second-order valence-corrected chi connectivity index (χ2v) is 5.64. The van der Waals surface area contributed by atoms with Gasteiger partial charge in [0.05, 0.1) is 0 Å². The highest BCUT2D eigenvalue weighted by Crippen LogP contribution is 2.32. The van der Waals surface area contributed by atoms with E-state index in [9.17, 15) is 18.3 Å². The van der Waals surface area contributed by atoms with Crippen LogP contribution in [0.15, 0.2) is 24.3 Å². The van der Waals surface area contributed by atoms with E-state index in [2.05, 4.69) is 20.0 Å².